The summed E-state index contributed by atoms with van der Waals surface area (Å²) < 4.78 is 38.4. The van der Waals surface area contributed by atoms with Crippen LogP contribution >= 0.6 is 7.26 Å². The highest BCUT2D eigenvalue weighted by molar-refractivity contribution is 7.95. The zero-order valence-corrected chi connectivity index (χ0v) is 59.6. The van der Waals surface area contributed by atoms with Gasteiger partial charge in [0.2, 0.25) is 5.91 Å². The number of aliphatic hydroxyl groups excluding tert-OH is 3. The van der Waals surface area contributed by atoms with Crippen LogP contribution in [0, 0.1) is 59.3 Å². The molecule has 6 rings (SSSR count). The van der Waals surface area contributed by atoms with Gasteiger partial charge in [-0.25, -0.2) is 0 Å². The third-order valence-corrected chi connectivity index (χ3v) is 24.7. The number of aryl methyl sites for hydroxylation is 6. The lowest BCUT2D eigenvalue weighted by molar-refractivity contribution is -0.318. The van der Waals surface area contributed by atoms with E-state index in [1.165, 1.54) is 82.6 Å². The largest absolute Gasteiger partial charge is 0.459 e. The summed E-state index contributed by atoms with van der Waals surface area (Å²) >= 11 is 0. The molecule has 3 aliphatic rings. The highest BCUT2D eigenvalue weighted by Crippen LogP contribution is 2.57. The summed E-state index contributed by atoms with van der Waals surface area (Å²) in [6.07, 6.45) is 2.45. The second-order valence-electron chi connectivity index (χ2n) is 29.1. The van der Waals surface area contributed by atoms with E-state index in [1.807, 2.05) is 39.8 Å². The van der Waals surface area contributed by atoms with Crippen molar-refractivity contribution in [2.45, 2.75) is 297 Å². The minimum absolute atomic E-state index is 0.0735. The number of benzene rings is 3. The molecule has 0 bridgehead atoms. The second-order valence-corrected chi connectivity index (χ2v) is 32.7. The lowest BCUT2D eigenvalue weighted by Gasteiger charge is -2.48. The maximum Gasteiger partial charge on any atom is 0.311 e. The predicted octanol–water partition coefficient (Wildman–Crippen LogP) is 10.9. The Bertz CT molecular complexity index is 2590. The van der Waals surface area contributed by atoms with Crippen LogP contribution in [0.25, 0.3) is 0 Å². The maximum atomic E-state index is 14.7. The number of esters is 1. The molecule has 0 aromatic heterocycles. The van der Waals surface area contributed by atoms with Crippen LogP contribution in [0.15, 0.2) is 54.6 Å². The standard InChI is InChI=1S/C74H120N2O13P/c1-20-62-74(16,83)67(79)56(12)76(63(77)31-29-27-25-23-21-22-24-26-28-30-32-90(58-36-46(2)33-47(3)37-58,59-38-48(4)34-49(5)39-59)60-40-50(6)35-51(7)41-60)45-52(8)43-72(14,82)69(89-71-65(78)61(75(17)18)42-53(9)85-71)54(10)66(55(11)70(81)87-62)88-64-44-73(15,84-19)68(80)57(13)86-64/h33-41,52-57,61-62,64-69,71,78-80,82-83H,20-32,42-45H2,1-19H3/q+1/t52-,53-,54+,55-,56-,57+,61+,62-,64+,65-,66+,67-,68+,69-,71+,72-,73-,74-/m1/s1. The molecular weight excluding hydrogens is 1160 g/mol. The van der Waals surface area contributed by atoms with E-state index in [9.17, 15) is 35.1 Å². The van der Waals surface area contributed by atoms with Crippen molar-refractivity contribution in [2.75, 3.05) is 33.9 Å². The van der Waals surface area contributed by atoms with Crippen LogP contribution in [-0.2, 0) is 38.0 Å². The number of cyclic esters (lactones) is 1. The van der Waals surface area contributed by atoms with Crippen LogP contribution < -0.4 is 15.9 Å². The van der Waals surface area contributed by atoms with Crippen molar-refractivity contribution in [3.8, 4) is 0 Å². The van der Waals surface area contributed by atoms with Crippen LogP contribution in [0.4, 0.5) is 0 Å². The predicted molar refractivity (Wildman–Crippen MR) is 362 cm³/mol. The van der Waals surface area contributed by atoms with Gasteiger partial charge < -0.3 is 63.8 Å². The Hall–Kier alpha value is -3.41. The Morgan fingerprint density at radius 1 is 0.678 bits per heavy atom. The van der Waals surface area contributed by atoms with Crippen molar-refractivity contribution in [3.05, 3.63) is 88.0 Å². The van der Waals surface area contributed by atoms with Crippen LogP contribution in [-0.4, -0.2) is 171 Å². The number of amides is 1. The quantitative estimate of drug-likeness (QED) is 0.0342. The average Bonchev–Trinajstić information content (AvgIpc) is 0.793. The third kappa shape index (κ3) is 18.7. The Labute approximate surface area is 543 Å². The first-order valence-corrected chi connectivity index (χ1v) is 36.1. The van der Waals surface area contributed by atoms with Crippen LogP contribution in [0.2, 0.25) is 0 Å². The van der Waals surface area contributed by atoms with Crippen LogP contribution in [0.3, 0.4) is 0 Å². The van der Waals surface area contributed by atoms with Crippen LogP contribution in [0.5, 0.6) is 0 Å². The van der Waals surface area contributed by atoms with E-state index in [1.54, 1.807) is 46.4 Å². The molecule has 1 amide bonds. The van der Waals surface area contributed by atoms with Gasteiger partial charge in [-0.2, -0.15) is 0 Å². The summed E-state index contributed by atoms with van der Waals surface area (Å²) in [6, 6.07) is 20.4. The molecule has 90 heavy (non-hydrogen) atoms. The van der Waals surface area contributed by atoms with Crippen molar-refractivity contribution >= 4 is 35.1 Å². The number of nitrogens with zero attached hydrogens (tertiary/aromatic N) is 2. The van der Waals surface area contributed by atoms with Crippen molar-refractivity contribution in [1.29, 1.82) is 0 Å². The zero-order valence-electron chi connectivity index (χ0n) is 58.7. The summed E-state index contributed by atoms with van der Waals surface area (Å²) in [6.45, 7) is 30.9. The Morgan fingerprint density at radius 3 is 1.62 bits per heavy atom. The summed E-state index contributed by atoms with van der Waals surface area (Å²) in [5.41, 5.74) is 3.08. The molecule has 3 aromatic carbocycles. The Morgan fingerprint density at radius 2 is 1.16 bits per heavy atom. The molecule has 3 saturated heterocycles. The van der Waals surface area contributed by atoms with Crippen molar-refractivity contribution in [1.82, 2.24) is 9.80 Å². The van der Waals surface area contributed by atoms with Gasteiger partial charge in [-0.1, -0.05) is 83.9 Å². The Kier molecular flexibility index (Phi) is 27.6. The molecule has 0 unspecified atom stereocenters. The van der Waals surface area contributed by atoms with Crippen molar-refractivity contribution < 1.29 is 63.5 Å². The fourth-order valence-corrected chi connectivity index (χ4v) is 20.3. The number of unbranched alkanes of at least 4 members (excludes halogenated alkanes) is 9. The first kappa shape index (κ1) is 75.6. The highest BCUT2D eigenvalue weighted by Gasteiger charge is 2.54. The van der Waals surface area contributed by atoms with Gasteiger partial charge in [0.1, 0.15) is 53.2 Å². The van der Waals surface area contributed by atoms with Gasteiger partial charge in [0.15, 0.2) is 12.6 Å². The van der Waals surface area contributed by atoms with Gasteiger partial charge in [0.25, 0.3) is 0 Å². The molecule has 18 atom stereocenters. The smallest absolute Gasteiger partial charge is 0.311 e. The van der Waals surface area contributed by atoms with Crippen molar-refractivity contribution in [3.63, 3.8) is 0 Å². The fraction of sp³-hybridized carbons (Fsp3) is 0.730. The van der Waals surface area contributed by atoms with E-state index in [0.717, 1.165) is 44.7 Å². The molecule has 15 nitrogen and oxygen atoms in total. The summed E-state index contributed by atoms with van der Waals surface area (Å²) in [5.74, 6) is -3.27. The number of hydrogen-bond donors (Lipinski definition) is 5. The number of carbonyl (C=O) groups excluding carboxylic acids is 2. The number of rotatable bonds is 23. The minimum Gasteiger partial charge on any atom is -0.459 e. The molecule has 5 N–H and O–H groups in total. The molecular formula is C74H120N2O13P+. The first-order chi connectivity index (χ1) is 42.2. The molecule has 0 spiro atoms. The molecule has 16 heteroatoms. The van der Waals surface area contributed by atoms with E-state index < -0.39 is 109 Å². The molecule has 0 aliphatic carbocycles. The third-order valence-electron chi connectivity index (χ3n) is 20.3. The molecule has 3 aromatic rings. The van der Waals surface area contributed by atoms with Gasteiger partial charge >= 0.3 is 5.97 Å². The average molecular weight is 1280 g/mol. The number of likely N-dealkylation sites (N-methyl/N-ethyl adjacent to an activating group) is 1. The molecule has 0 saturated carbocycles. The van der Waals surface area contributed by atoms with Gasteiger partial charge in [-0.3, -0.25) is 9.59 Å². The van der Waals surface area contributed by atoms with Crippen molar-refractivity contribution in [2.24, 2.45) is 17.8 Å². The van der Waals surface area contributed by atoms with E-state index in [-0.39, 0.29) is 50.3 Å². The lowest BCUT2D eigenvalue weighted by Crippen LogP contribution is -2.60. The van der Waals surface area contributed by atoms with Gasteiger partial charge in [0.05, 0.1) is 53.7 Å². The fourth-order valence-electron chi connectivity index (χ4n) is 15.4. The molecule has 508 valence electrons. The zero-order chi connectivity index (χ0) is 66.8. The number of ether oxygens (including phenoxy) is 6. The number of carbonyl (C=O) groups is 2. The molecule has 3 aliphatic heterocycles. The van der Waals surface area contributed by atoms with Gasteiger partial charge in [0, 0.05) is 38.5 Å². The maximum absolute atomic E-state index is 14.7. The minimum atomic E-state index is -2.01. The first-order valence-electron chi connectivity index (χ1n) is 34.2. The summed E-state index contributed by atoms with van der Waals surface area (Å²) in [5, 5.41) is 65.2. The Balaban J connectivity index is 1.14. The SMILES string of the molecule is CC[C@H]1OC(=O)[C@H](C)[C@@H](O[C@H]2C[C@@](C)(OC)[C@@H](O)[C@H](C)O2)[C@H](C)[C@@H](O[C@@H]2O[C@H](C)C[C@H](N(C)C)[C@H]2O)[C@](C)(O)C[C@@H](C)CN(C(=O)CCCCCCCCCCCC[P+](c2cc(C)cc(C)c2)(c2cc(C)cc(C)c2)c2cc(C)cc(C)c2)[C@H](C)[C@@H](O)[C@]1(C)O. The molecule has 3 fully saturated rings. The van der Waals surface area contributed by atoms with Crippen LogP contribution in [0.1, 0.15) is 199 Å². The molecule has 3 heterocycles. The van der Waals surface area contributed by atoms with Gasteiger partial charge in [-0.15, -0.1) is 0 Å². The second kappa shape index (κ2) is 32.8. The lowest BCUT2D eigenvalue weighted by atomic mass is 9.77. The highest BCUT2D eigenvalue weighted by atomic mass is 31.2. The summed E-state index contributed by atoms with van der Waals surface area (Å²) in [7, 11) is 3.29. The number of methoxy groups -OCH3 is 1. The molecule has 0 radical (unpaired) electrons. The van der Waals surface area contributed by atoms with Gasteiger partial charge in [-0.05, 0) is 218 Å². The van der Waals surface area contributed by atoms with E-state index in [4.69, 9.17) is 28.4 Å². The number of aliphatic hydroxyl groups is 5. The topological polar surface area (TPSA) is 197 Å². The monoisotopic (exact) mass is 1280 g/mol. The van der Waals surface area contributed by atoms with E-state index >= 15 is 0 Å². The summed E-state index contributed by atoms with van der Waals surface area (Å²) in [4.78, 5) is 33.0. The number of hydrogen-bond acceptors (Lipinski definition) is 14. The normalized spacial score (nSPS) is 33.6. The van der Waals surface area contributed by atoms with E-state index in [2.05, 4.69) is 96.1 Å². The van der Waals surface area contributed by atoms with E-state index in [0.29, 0.717) is 12.8 Å².